The van der Waals surface area contributed by atoms with E-state index >= 15 is 0 Å². The molecule has 24 heavy (non-hydrogen) atoms. The highest BCUT2D eigenvalue weighted by atomic mass is 19.1. The van der Waals surface area contributed by atoms with Gasteiger partial charge in [0.25, 0.3) is 5.56 Å². The zero-order valence-corrected chi connectivity index (χ0v) is 12.3. The Morgan fingerprint density at radius 3 is 2.71 bits per heavy atom. The Bertz CT molecular complexity index is 835. The van der Waals surface area contributed by atoms with Gasteiger partial charge < -0.3 is 19.7 Å². The molecule has 1 aromatic heterocycles. The smallest absolute Gasteiger partial charge is 0.330 e. The molecule has 3 rings (SSSR count). The van der Waals surface area contributed by atoms with Crippen molar-refractivity contribution < 1.29 is 24.1 Å². The molecule has 1 aliphatic heterocycles. The van der Waals surface area contributed by atoms with Gasteiger partial charge in [-0.05, 0) is 12.1 Å². The van der Waals surface area contributed by atoms with Crippen LogP contribution in [-0.2, 0) is 4.74 Å². The second-order valence-corrected chi connectivity index (χ2v) is 5.27. The summed E-state index contributed by atoms with van der Waals surface area (Å²) in [5.74, 6) is -0.782. The maximum Gasteiger partial charge on any atom is 0.330 e. The van der Waals surface area contributed by atoms with Crippen molar-refractivity contribution in [1.82, 2.24) is 9.55 Å². The highest BCUT2D eigenvalue weighted by molar-refractivity contribution is 5.24. The van der Waals surface area contributed by atoms with E-state index in [2.05, 4.69) is 4.98 Å². The van der Waals surface area contributed by atoms with Gasteiger partial charge in [-0.3, -0.25) is 14.3 Å². The number of aromatic nitrogens is 2. The van der Waals surface area contributed by atoms with E-state index in [1.165, 1.54) is 24.4 Å². The van der Waals surface area contributed by atoms with Gasteiger partial charge in [0.1, 0.15) is 12.2 Å². The molecule has 2 heterocycles. The first-order chi connectivity index (χ1) is 11.5. The fourth-order valence-corrected chi connectivity index (χ4v) is 2.53. The molecule has 0 saturated carbocycles. The summed E-state index contributed by atoms with van der Waals surface area (Å²) in [7, 11) is 0. The molecule has 3 N–H and O–H groups in total. The lowest BCUT2D eigenvalue weighted by atomic mass is 10.1. The predicted octanol–water partition coefficient (Wildman–Crippen LogP) is -0.626. The Balaban J connectivity index is 1.98. The van der Waals surface area contributed by atoms with E-state index in [4.69, 9.17) is 9.47 Å². The first kappa shape index (κ1) is 16.4. The average molecular weight is 338 g/mol. The summed E-state index contributed by atoms with van der Waals surface area (Å²) in [5.41, 5.74) is -1.37. The molecule has 0 unspecified atom stereocenters. The van der Waals surface area contributed by atoms with Crippen LogP contribution in [0.15, 0.2) is 46.1 Å². The van der Waals surface area contributed by atoms with Crippen molar-refractivity contribution >= 4 is 0 Å². The summed E-state index contributed by atoms with van der Waals surface area (Å²) in [6.07, 6.45) is -3.47. The van der Waals surface area contributed by atoms with E-state index < -0.39 is 48.2 Å². The van der Waals surface area contributed by atoms with Crippen molar-refractivity contribution in [2.24, 2.45) is 0 Å². The van der Waals surface area contributed by atoms with Crippen LogP contribution in [0.4, 0.5) is 4.39 Å². The van der Waals surface area contributed by atoms with Crippen molar-refractivity contribution in [2.45, 2.75) is 24.5 Å². The van der Waals surface area contributed by atoms with Gasteiger partial charge in [0.15, 0.2) is 23.9 Å². The second kappa shape index (κ2) is 6.56. The first-order valence-corrected chi connectivity index (χ1v) is 7.18. The monoisotopic (exact) mass is 338 g/mol. The molecule has 1 aromatic carbocycles. The standard InChI is InChI=1S/C15H15FN2O6/c16-8-3-1-2-4-9(8)23-13-12(21)10(7-19)24-14(13)18-6-5-11(20)17-15(18)22/h1-6,10,12-14,19,21H,7H2,(H,17,20,22)/t10-,12-,13-,14-/m1/s1. The molecule has 0 spiro atoms. The Labute approximate surface area is 134 Å². The average Bonchev–Trinajstić information content (AvgIpc) is 2.86. The quantitative estimate of drug-likeness (QED) is 0.684. The minimum atomic E-state index is -1.31. The van der Waals surface area contributed by atoms with Crippen LogP contribution in [0.2, 0.25) is 0 Å². The molecule has 9 heteroatoms. The van der Waals surface area contributed by atoms with Gasteiger partial charge in [0.05, 0.1) is 6.61 Å². The fourth-order valence-electron chi connectivity index (χ4n) is 2.53. The summed E-state index contributed by atoms with van der Waals surface area (Å²) in [5, 5.41) is 19.6. The number of aliphatic hydroxyl groups is 2. The maximum absolute atomic E-state index is 13.8. The third-order valence-electron chi connectivity index (χ3n) is 3.72. The number of rotatable bonds is 4. The van der Waals surface area contributed by atoms with Crippen molar-refractivity contribution in [3.63, 3.8) is 0 Å². The molecule has 2 aromatic rings. The Hall–Kier alpha value is -2.49. The number of nitrogens with one attached hydrogen (secondary N) is 1. The third-order valence-corrected chi connectivity index (χ3v) is 3.72. The number of aliphatic hydroxyl groups excluding tert-OH is 2. The summed E-state index contributed by atoms with van der Waals surface area (Å²) in [6.45, 7) is -0.521. The number of H-pyrrole nitrogens is 1. The van der Waals surface area contributed by atoms with E-state index in [0.29, 0.717) is 0 Å². The van der Waals surface area contributed by atoms with Crippen LogP contribution in [0, 0.1) is 5.82 Å². The van der Waals surface area contributed by atoms with Crippen molar-refractivity contribution in [1.29, 1.82) is 0 Å². The van der Waals surface area contributed by atoms with Crippen LogP contribution < -0.4 is 16.0 Å². The van der Waals surface area contributed by atoms with E-state index in [-0.39, 0.29) is 5.75 Å². The molecule has 0 radical (unpaired) electrons. The van der Waals surface area contributed by atoms with Gasteiger partial charge in [-0.1, -0.05) is 12.1 Å². The Morgan fingerprint density at radius 1 is 1.29 bits per heavy atom. The van der Waals surface area contributed by atoms with E-state index in [1.807, 2.05) is 0 Å². The van der Waals surface area contributed by atoms with E-state index in [1.54, 1.807) is 6.07 Å². The predicted molar refractivity (Wildman–Crippen MR) is 79.1 cm³/mol. The van der Waals surface area contributed by atoms with Crippen molar-refractivity contribution in [3.05, 3.63) is 63.2 Å². The van der Waals surface area contributed by atoms with Crippen LogP contribution in [0.25, 0.3) is 0 Å². The molecule has 8 nitrogen and oxygen atoms in total. The van der Waals surface area contributed by atoms with Crippen LogP contribution >= 0.6 is 0 Å². The minimum Gasteiger partial charge on any atom is -0.480 e. The number of ether oxygens (including phenoxy) is 2. The highest BCUT2D eigenvalue weighted by Gasteiger charge is 2.46. The molecule has 1 saturated heterocycles. The van der Waals surface area contributed by atoms with Gasteiger partial charge in [-0.2, -0.15) is 0 Å². The SMILES string of the molecule is O=c1ccn([C@@H]2O[C@H](CO)[C@@H](O)[C@H]2Oc2ccccc2F)c(=O)[nH]1. The molecule has 1 fully saturated rings. The number of hydrogen-bond donors (Lipinski definition) is 3. The number of aromatic amines is 1. The molecule has 0 amide bonds. The molecule has 0 bridgehead atoms. The zero-order chi connectivity index (χ0) is 17.3. The van der Waals surface area contributed by atoms with Crippen molar-refractivity contribution in [2.75, 3.05) is 6.61 Å². The topological polar surface area (TPSA) is 114 Å². The molecular weight excluding hydrogens is 323 g/mol. The van der Waals surface area contributed by atoms with Gasteiger partial charge in [-0.25, -0.2) is 9.18 Å². The molecule has 128 valence electrons. The lowest BCUT2D eigenvalue weighted by Gasteiger charge is -2.23. The fraction of sp³-hybridized carbons (Fsp3) is 0.333. The number of nitrogens with zero attached hydrogens (tertiary/aromatic N) is 1. The normalized spacial score (nSPS) is 26.5. The Morgan fingerprint density at radius 2 is 2.04 bits per heavy atom. The first-order valence-electron chi connectivity index (χ1n) is 7.18. The minimum absolute atomic E-state index is 0.133. The van der Waals surface area contributed by atoms with Crippen LogP contribution in [0.1, 0.15) is 6.23 Å². The van der Waals surface area contributed by atoms with E-state index in [9.17, 15) is 24.2 Å². The largest absolute Gasteiger partial charge is 0.480 e. The summed E-state index contributed by atoms with van der Waals surface area (Å²) in [6, 6.07) is 6.67. The van der Waals surface area contributed by atoms with Gasteiger partial charge >= 0.3 is 5.69 Å². The lowest BCUT2D eigenvalue weighted by molar-refractivity contribution is -0.0525. The molecule has 1 aliphatic rings. The summed E-state index contributed by atoms with van der Waals surface area (Å²) < 4.78 is 25.7. The highest BCUT2D eigenvalue weighted by Crippen LogP contribution is 2.32. The van der Waals surface area contributed by atoms with Crippen LogP contribution in [0.5, 0.6) is 5.75 Å². The van der Waals surface area contributed by atoms with Gasteiger partial charge in [0.2, 0.25) is 0 Å². The maximum atomic E-state index is 13.8. The van der Waals surface area contributed by atoms with Crippen molar-refractivity contribution in [3.8, 4) is 5.75 Å². The summed E-state index contributed by atoms with van der Waals surface area (Å²) >= 11 is 0. The zero-order valence-electron chi connectivity index (χ0n) is 12.3. The number of benzene rings is 1. The second-order valence-electron chi connectivity index (χ2n) is 5.27. The van der Waals surface area contributed by atoms with Crippen LogP contribution in [0.3, 0.4) is 0 Å². The lowest BCUT2D eigenvalue weighted by Crippen LogP contribution is -2.41. The molecular formula is C15H15FN2O6. The van der Waals surface area contributed by atoms with E-state index in [0.717, 1.165) is 10.6 Å². The summed E-state index contributed by atoms with van der Waals surface area (Å²) in [4.78, 5) is 25.2. The Kier molecular flexibility index (Phi) is 4.47. The van der Waals surface area contributed by atoms with Crippen LogP contribution in [-0.4, -0.2) is 44.7 Å². The number of hydrogen-bond acceptors (Lipinski definition) is 6. The molecule has 0 aliphatic carbocycles. The number of halogens is 1. The number of para-hydroxylation sites is 1. The third kappa shape index (κ3) is 2.96. The van der Waals surface area contributed by atoms with Gasteiger partial charge in [-0.15, -0.1) is 0 Å². The molecule has 4 atom stereocenters. The van der Waals surface area contributed by atoms with Gasteiger partial charge in [0, 0.05) is 12.3 Å².